The molecular formula is C17H13Cl2N5O. The number of nitrogens with one attached hydrogen (secondary N) is 2. The van der Waals surface area contributed by atoms with Gasteiger partial charge in [-0.3, -0.25) is 9.78 Å². The Kier molecular flexibility index (Phi) is 5.42. The van der Waals surface area contributed by atoms with Gasteiger partial charge in [0.1, 0.15) is 17.8 Å². The van der Waals surface area contributed by atoms with E-state index in [1.54, 1.807) is 36.7 Å². The molecule has 0 saturated heterocycles. The second kappa shape index (κ2) is 7.92. The Labute approximate surface area is 154 Å². The number of aromatic nitrogens is 3. The summed E-state index contributed by atoms with van der Waals surface area (Å²) in [4.78, 5) is 24.3. The lowest BCUT2D eigenvalue weighted by atomic mass is 10.2. The van der Waals surface area contributed by atoms with Gasteiger partial charge in [0.05, 0.1) is 0 Å². The second-order valence-electron chi connectivity index (χ2n) is 5.11. The van der Waals surface area contributed by atoms with Gasteiger partial charge in [0.2, 0.25) is 0 Å². The first-order valence-corrected chi connectivity index (χ1v) is 8.08. The van der Waals surface area contributed by atoms with Crippen LogP contribution in [0.3, 0.4) is 0 Å². The normalized spacial score (nSPS) is 10.3. The quantitative estimate of drug-likeness (QED) is 0.709. The smallest absolute Gasteiger partial charge is 0.270 e. The minimum atomic E-state index is -0.300. The fourth-order valence-corrected chi connectivity index (χ4v) is 2.62. The van der Waals surface area contributed by atoms with Gasteiger partial charge in [0, 0.05) is 40.7 Å². The van der Waals surface area contributed by atoms with Crippen molar-refractivity contribution in [3.05, 3.63) is 76.4 Å². The average Bonchev–Trinajstić information content (AvgIpc) is 2.60. The van der Waals surface area contributed by atoms with E-state index in [9.17, 15) is 4.79 Å². The van der Waals surface area contributed by atoms with Gasteiger partial charge in [-0.1, -0.05) is 23.2 Å². The molecule has 0 fully saturated rings. The first-order chi connectivity index (χ1) is 12.1. The SMILES string of the molecule is O=C(NCc1ccncc1)c1cc(Nc2cc(Cl)cc(Cl)c2)ncn1. The van der Waals surface area contributed by atoms with E-state index in [4.69, 9.17) is 23.2 Å². The number of halogens is 2. The molecule has 2 aromatic heterocycles. The Morgan fingerprint density at radius 2 is 1.72 bits per heavy atom. The van der Waals surface area contributed by atoms with Gasteiger partial charge in [0.15, 0.2) is 0 Å². The summed E-state index contributed by atoms with van der Waals surface area (Å²) in [6.45, 7) is 0.387. The molecule has 2 heterocycles. The summed E-state index contributed by atoms with van der Waals surface area (Å²) in [5.74, 6) is 0.161. The van der Waals surface area contributed by atoms with Crippen molar-refractivity contribution in [3.63, 3.8) is 0 Å². The average molecular weight is 374 g/mol. The zero-order valence-electron chi connectivity index (χ0n) is 12.9. The van der Waals surface area contributed by atoms with E-state index < -0.39 is 0 Å². The Morgan fingerprint density at radius 3 is 2.44 bits per heavy atom. The molecule has 126 valence electrons. The lowest BCUT2D eigenvalue weighted by molar-refractivity contribution is 0.0946. The summed E-state index contributed by atoms with van der Waals surface area (Å²) in [5, 5.41) is 6.84. The fourth-order valence-electron chi connectivity index (χ4n) is 2.10. The van der Waals surface area contributed by atoms with Gasteiger partial charge in [-0.05, 0) is 35.9 Å². The Balaban J connectivity index is 1.69. The number of carbonyl (C=O) groups excluding carboxylic acids is 1. The lowest BCUT2D eigenvalue weighted by Crippen LogP contribution is -2.24. The molecule has 0 unspecified atom stereocenters. The number of nitrogens with zero attached hydrogens (tertiary/aromatic N) is 3. The topological polar surface area (TPSA) is 79.8 Å². The van der Waals surface area contributed by atoms with Crippen LogP contribution in [0.15, 0.2) is 55.1 Å². The third-order valence-corrected chi connectivity index (χ3v) is 3.67. The van der Waals surface area contributed by atoms with Crippen molar-refractivity contribution in [2.45, 2.75) is 6.54 Å². The standard InChI is InChI=1S/C17H13Cl2N5O/c18-12-5-13(19)7-14(6-12)24-16-8-15(22-10-23-16)17(25)21-9-11-1-3-20-4-2-11/h1-8,10H,9H2,(H,21,25)(H,22,23,24). The number of hydrogen-bond acceptors (Lipinski definition) is 5. The van der Waals surface area contributed by atoms with Gasteiger partial charge in [-0.2, -0.15) is 0 Å². The minimum absolute atomic E-state index is 0.250. The first kappa shape index (κ1) is 17.1. The zero-order chi connectivity index (χ0) is 17.6. The summed E-state index contributed by atoms with van der Waals surface area (Å²) >= 11 is 11.9. The molecule has 25 heavy (non-hydrogen) atoms. The molecule has 1 amide bonds. The predicted molar refractivity (Wildman–Crippen MR) is 97.2 cm³/mol. The highest BCUT2D eigenvalue weighted by Gasteiger charge is 2.09. The summed E-state index contributed by atoms with van der Waals surface area (Å²) < 4.78 is 0. The summed E-state index contributed by atoms with van der Waals surface area (Å²) in [5.41, 5.74) is 1.86. The number of hydrogen-bond donors (Lipinski definition) is 2. The van der Waals surface area contributed by atoms with Gasteiger partial charge in [-0.15, -0.1) is 0 Å². The van der Waals surface area contributed by atoms with Crippen LogP contribution < -0.4 is 10.6 Å². The molecule has 2 N–H and O–H groups in total. The van der Waals surface area contributed by atoms with Crippen molar-refractivity contribution >= 4 is 40.6 Å². The van der Waals surface area contributed by atoms with E-state index >= 15 is 0 Å². The van der Waals surface area contributed by atoms with E-state index in [1.807, 2.05) is 12.1 Å². The number of pyridine rings is 1. The minimum Gasteiger partial charge on any atom is -0.347 e. The van der Waals surface area contributed by atoms with Crippen LogP contribution in [0.2, 0.25) is 10.0 Å². The summed E-state index contributed by atoms with van der Waals surface area (Å²) in [6, 6.07) is 10.3. The van der Waals surface area contributed by atoms with Crippen LogP contribution in [0, 0.1) is 0 Å². The van der Waals surface area contributed by atoms with Crippen LogP contribution in [-0.2, 0) is 6.54 Å². The maximum atomic E-state index is 12.2. The highest BCUT2D eigenvalue weighted by atomic mass is 35.5. The molecular weight excluding hydrogens is 361 g/mol. The second-order valence-corrected chi connectivity index (χ2v) is 5.98. The van der Waals surface area contributed by atoms with Crippen LogP contribution in [0.25, 0.3) is 0 Å². The van der Waals surface area contributed by atoms with Crippen LogP contribution >= 0.6 is 23.2 Å². The molecule has 0 aliphatic rings. The molecule has 0 aliphatic carbocycles. The summed E-state index contributed by atoms with van der Waals surface area (Å²) in [6.07, 6.45) is 4.66. The van der Waals surface area contributed by atoms with E-state index in [-0.39, 0.29) is 11.6 Å². The first-order valence-electron chi connectivity index (χ1n) is 7.32. The van der Waals surface area contributed by atoms with Crippen LogP contribution in [0.5, 0.6) is 0 Å². The van der Waals surface area contributed by atoms with Crippen molar-refractivity contribution in [1.29, 1.82) is 0 Å². The Morgan fingerprint density at radius 1 is 1.00 bits per heavy atom. The van der Waals surface area contributed by atoms with E-state index in [1.165, 1.54) is 6.33 Å². The predicted octanol–water partition coefficient (Wildman–Crippen LogP) is 3.85. The highest BCUT2D eigenvalue weighted by molar-refractivity contribution is 6.35. The third-order valence-electron chi connectivity index (χ3n) is 3.24. The third kappa shape index (κ3) is 4.89. The molecule has 1 aromatic carbocycles. The Bertz CT molecular complexity index is 869. The number of rotatable bonds is 5. The van der Waals surface area contributed by atoms with Gasteiger partial charge < -0.3 is 10.6 Å². The molecule has 0 atom stereocenters. The van der Waals surface area contributed by atoms with Gasteiger partial charge in [-0.25, -0.2) is 9.97 Å². The fraction of sp³-hybridized carbons (Fsp3) is 0.0588. The molecule has 0 aliphatic heterocycles. The van der Waals surface area contributed by atoms with E-state index in [0.717, 1.165) is 5.56 Å². The maximum absolute atomic E-state index is 12.2. The van der Waals surface area contributed by atoms with Crippen LogP contribution in [0.4, 0.5) is 11.5 Å². The van der Waals surface area contributed by atoms with Crippen LogP contribution in [0.1, 0.15) is 16.1 Å². The molecule has 0 bridgehead atoms. The molecule has 6 nitrogen and oxygen atoms in total. The molecule has 3 rings (SSSR count). The maximum Gasteiger partial charge on any atom is 0.270 e. The highest BCUT2D eigenvalue weighted by Crippen LogP contribution is 2.24. The monoisotopic (exact) mass is 373 g/mol. The molecule has 8 heteroatoms. The van der Waals surface area contributed by atoms with Crippen molar-refractivity contribution in [2.75, 3.05) is 5.32 Å². The van der Waals surface area contributed by atoms with E-state index in [0.29, 0.717) is 28.1 Å². The number of anilines is 2. The molecule has 0 radical (unpaired) electrons. The lowest BCUT2D eigenvalue weighted by Gasteiger charge is -2.08. The zero-order valence-corrected chi connectivity index (χ0v) is 14.4. The number of carbonyl (C=O) groups is 1. The number of amides is 1. The number of benzene rings is 1. The largest absolute Gasteiger partial charge is 0.347 e. The molecule has 3 aromatic rings. The van der Waals surface area contributed by atoms with E-state index in [2.05, 4.69) is 25.6 Å². The van der Waals surface area contributed by atoms with Crippen molar-refractivity contribution in [1.82, 2.24) is 20.3 Å². The Hall–Kier alpha value is -2.70. The van der Waals surface area contributed by atoms with Crippen molar-refractivity contribution < 1.29 is 4.79 Å². The molecule has 0 saturated carbocycles. The van der Waals surface area contributed by atoms with Crippen molar-refractivity contribution in [2.24, 2.45) is 0 Å². The van der Waals surface area contributed by atoms with Crippen LogP contribution in [-0.4, -0.2) is 20.9 Å². The van der Waals surface area contributed by atoms with Gasteiger partial charge >= 0.3 is 0 Å². The summed E-state index contributed by atoms with van der Waals surface area (Å²) in [7, 11) is 0. The van der Waals surface area contributed by atoms with Crippen molar-refractivity contribution in [3.8, 4) is 0 Å². The van der Waals surface area contributed by atoms with Gasteiger partial charge in [0.25, 0.3) is 5.91 Å². The molecule has 0 spiro atoms.